The molecule has 0 fully saturated rings. The molecule has 0 radical (unpaired) electrons. The molecule has 0 unspecified atom stereocenters. The van der Waals surface area contributed by atoms with E-state index in [1.807, 2.05) is 12.1 Å². The van der Waals surface area contributed by atoms with E-state index in [0.29, 0.717) is 11.3 Å². The average molecular weight is 413 g/mol. The van der Waals surface area contributed by atoms with Gasteiger partial charge in [-0.3, -0.25) is 4.79 Å². The maximum Gasteiger partial charge on any atom is 0.335 e. The molecule has 2 aromatic carbocycles. The van der Waals surface area contributed by atoms with Crippen LogP contribution < -0.4 is 5.32 Å². The van der Waals surface area contributed by atoms with Gasteiger partial charge < -0.3 is 10.4 Å². The summed E-state index contributed by atoms with van der Waals surface area (Å²) in [6.07, 6.45) is 0.00142. The third-order valence-corrected chi connectivity index (χ3v) is 3.99. The second-order valence-corrected chi connectivity index (χ2v) is 6.08. The molecule has 0 bridgehead atoms. The molecule has 0 saturated carbocycles. The summed E-state index contributed by atoms with van der Waals surface area (Å²) in [6, 6.07) is 11.9. The molecule has 1 amide bonds. The predicted octanol–water partition coefficient (Wildman–Crippen LogP) is 4.09. The van der Waals surface area contributed by atoms with Crippen molar-refractivity contribution in [2.24, 2.45) is 0 Å². The molecular weight excluding hydrogens is 402 g/mol. The van der Waals surface area contributed by atoms with Crippen LogP contribution in [0, 0.1) is 0 Å². The van der Waals surface area contributed by atoms with E-state index in [1.54, 1.807) is 24.3 Å². The van der Waals surface area contributed by atoms with Gasteiger partial charge in [0.15, 0.2) is 0 Å². The van der Waals surface area contributed by atoms with Crippen LogP contribution >= 0.6 is 31.9 Å². The molecule has 0 heterocycles. The second-order valence-electron chi connectivity index (χ2n) is 4.31. The highest BCUT2D eigenvalue weighted by atomic mass is 79.9. The Morgan fingerprint density at radius 3 is 2.52 bits per heavy atom. The number of carbonyl (C=O) groups is 2. The highest BCUT2D eigenvalue weighted by molar-refractivity contribution is 9.11. The molecule has 108 valence electrons. The number of benzene rings is 2. The Labute approximate surface area is 138 Å². The van der Waals surface area contributed by atoms with E-state index in [4.69, 9.17) is 5.11 Å². The summed E-state index contributed by atoms with van der Waals surface area (Å²) < 4.78 is 1.59. The standard InChI is InChI=1S/C15H11Br2NO3/c16-10-5-6-12(17)13(8-10)18-14(19)7-9-3-1-2-4-11(9)15(20)21/h1-6,8H,7H2,(H,18,19)(H,20,21). The van der Waals surface area contributed by atoms with Gasteiger partial charge in [0.2, 0.25) is 5.91 Å². The zero-order chi connectivity index (χ0) is 15.4. The first-order valence-electron chi connectivity index (χ1n) is 6.03. The number of anilines is 1. The number of carboxylic acid groups (broad SMARTS) is 1. The fourth-order valence-electron chi connectivity index (χ4n) is 1.84. The van der Waals surface area contributed by atoms with Crippen LogP contribution in [-0.4, -0.2) is 17.0 Å². The molecule has 21 heavy (non-hydrogen) atoms. The quantitative estimate of drug-likeness (QED) is 0.794. The number of hydrogen-bond donors (Lipinski definition) is 2. The lowest BCUT2D eigenvalue weighted by molar-refractivity contribution is -0.115. The number of amides is 1. The lowest BCUT2D eigenvalue weighted by Gasteiger charge is -2.09. The Hall–Kier alpha value is -1.66. The van der Waals surface area contributed by atoms with Crippen molar-refractivity contribution in [3.05, 3.63) is 62.5 Å². The van der Waals surface area contributed by atoms with Gasteiger partial charge in [-0.25, -0.2) is 4.79 Å². The first-order valence-corrected chi connectivity index (χ1v) is 7.62. The third-order valence-electron chi connectivity index (χ3n) is 2.80. The van der Waals surface area contributed by atoms with Crippen LogP contribution in [0.5, 0.6) is 0 Å². The number of halogens is 2. The number of carboxylic acids is 1. The van der Waals surface area contributed by atoms with E-state index in [0.717, 1.165) is 8.95 Å². The molecule has 0 aliphatic carbocycles. The lowest BCUT2D eigenvalue weighted by atomic mass is 10.0. The summed E-state index contributed by atoms with van der Waals surface area (Å²) >= 11 is 6.69. The second kappa shape index (κ2) is 6.87. The van der Waals surface area contributed by atoms with Crippen LogP contribution in [-0.2, 0) is 11.2 Å². The molecule has 0 saturated heterocycles. The summed E-state index contributed by atoms with van der Waals surface area (Å²) in [5.74, 6) is -1.32. The van der Waals surface area contributed by atoms with Crippen LogP contribution in [0.2, 0.25) is 0 Å². The van der Waals surface area contributed by atoms with E-state index in [9.17, 15) is 9.59 Å². The van der Waals surface area contributed by atoms with Crippen molar-refractivity contribution in [2.45, 2.75) is 6.42 Å². The van der Waals surface area contributed by atoms with Gasteiger partial charge in [0.25, 0.3) is 0 Å². The summed E-state index contributed by atoms with van der Waals surface area (Å²) in [5, 5.41) is 11.9. The van der Waals surface area contributed by atoms with Crippen molar-refractivity contribution in [1.82, 2.24) is 0 Å². The maximum absolute atomic E-state index is 12.1. The Morgan fingerprint density at radius 2 is 1.81 bits per heavy atom. The summed E-state index contributed by atoms with van der Waals surface area (Å²) in [6.45, 7) is 0. The molecule has 0 atom stereocenters. The van der Waals surface area contributed by atoms with Crippen LogP contribution in [0.3, 0.4) is 0 Å². The predicted molar refractivity (Wildman–Crippen MR) is 87.6 cm³/mol. The van der Waals surface area contributed by atoms with Crippen LogP contribution in [0.25, 0.3) is 0 Å². The van der Waals surface area contributed by atoms with Crippen LogP contribution in [0.1, 0.15) is 15.9 Å². The number of rotatable bonds is 4. The van der Waals surface area contributed by atoms with Gasteiger partial charge in [0.05, 0.1) is 17.7 Å². The van der Waals surface area contributed by atoms with Crippen molar-refractivity contribution >= 4 is 49.4 Å². The zero-order valence-corrected chi connectivity index (χ0v) is 13.9. The van der Waals surface area contributed by atoms with E-state index in [1.165, 1.54) is 6.07 Å². The minimum Gasteiger partial charge on any atom is -0.478 e. The van der Waals surface area contributed by atoms with Crippen molar-refractivity contribution in [3.8, 4) is 0 Å². The van der Waals surface area contributed by atoms with Crippen molar-refractivity contribution in [2.75, 3.05) is 5.32 Å². The van der Waals surface area contributed by atoms with E-state index < -0.39 is 5.97 Å². The van der Waals surface area contributed by atoms with Crippen LogP contribution in [0.15, 0.2) is 51.4 Å². The Morgan fingerprint density at radius 1 is 1.10 bits per heavy atom. The number of aromatic carboxylic acids is 1. The van der Waals surface area contributed by atoms with E-state index in [2.05, 4.69) is 37.2 Å². The largest absolute Gasteiger partial charge is 0.478 e. The highest BCUT2D eigenvalue weighted by Gasteiger charge is 2.13. The van der Waals surface area contributed by atoms with Gasteiger partial charge in [0, 0.05) is 8.95 Å². The lowest BCUT2D eigenvalue weighted by Crippen LogP contribution is -2.16. The van der Waals surface area contributed by atoms with Crippen molar-refractivity contribution in [3.63, 3.8) is 0 Å². The number of hydrogen-bond acceptors (Lipinski definition) is 2. The SMILES string of the molecule is O=C(Cc1ccccc1C(=O)O)Nc1cc(Br)ccc1Br. The van der Waals surface area contributed by atoms with Gasteiger partial charge in [-0.1, -0.05) is 34.1 Å². The fourth-order valence-corrected chi connectivity index (χ4v) is 2.55. The molecule has 0 aromatic heterocycles. The average Bonchev–Trinajstić information content (AvgIpc) is 2.43. The molecule has 0 spiro atoms. The van der Waals surface area contributed by atoms with E-state index >= 15 is 0 Å². The van der Waals surface area contributed by atoms with Gasteiger partial charge in [-0.05, 0) is 45.8 Å². The Kier molecular flexibility index (Phi) is 5.14. The smallest absolute Gasteiger partial charge is 0.335 e. The molecule has 0 aliphatic rings. The topological polar surface area (TPSA) is 66.4 Å². The molecule has 2 N–H and O–H groups in total. The molecule has 6 heteroatoms. The Balaban J connectivity index is 2.16. The van der Waals surface area contributed by atoms with Gasteiger partial charge in [-0.15, -0.1) is 0 Å². The van der Waals surface area contributed by atoms with Gasteiger partial charge in [-0.2, -0.15) is 0 Å². The minimum atomic E-state index is -1.04. The maximum atomic E-state index is 12.1. The van der Waals surface area contributed by atoms with Crippen molar-refractivity contribution in [1.29, 1.82) is 0 Å². The summed E-state index contributed by atoms with van der Waals surface area (Å²) in [7, 11) is 0. The van der Waals surface area contributed by atoms with E-state index in [-0.39, 0.29) is 17.9 Å². The summed E-state index contributed by atoms with van der Waals surface area (Å²) in [4.78, 5) is 23.2. The normalized spacial score (nSPS) is 10.2. The fraction of sp³-hybridized carbons (Fsp3) is 0.0667. The minimum absolute atomic E-state index is 0.00142. The summed E-state index contributed by atoms with van der Waals surface area (Å²) in [5.41, 5.74) is 1.25. The number of carbonyl (C=O) groups excluding carboxylic acids is 1. The van der Waals surface area contributed by atoms with Crippen LogP contribution in [0.4, 0.5) is 5.69 Å². The number of nitrogens with one attached hydrogen (secondary N) is 1. The zero-order valence-electron chi connectivity index (χ0n) is 10.8. The molecule has 2 aromatic rings. The third kappa shape index (κ3) is 4.15. The van der Waals surface area contributed by atoms with Gasteiger partial charge in [0.1, 0.15) is 0 Å². The first kappa shape index (κ1) is 15.7. The monoisotopic (exact) mass is 411 g/mol. The molecule has 4 nitrogen and oxygen atoms in total. The highest BCUT2D eigenvalue weighted by Crippen LogP contribution is 2.26. The van der Waals surface area contributed by atoms with Gasteiger partial charge >= 0.3 is 5.97 Å². The first-order chi connectivity index (χ1) is 9.97. The van der Waals surface area contributed by atoms with Crippen molar-refractivity contribution < 1.29 is 14.7 Å². The molecule has 0 aliphatic heterocycles. The Bertz CT molecular complexity index is 701. The molecular formula is C15H11Br2NO3. The molecule has 2 rings (SSSR count).